The number of benzene rings is 1. The zero-order chi connectivity index (χ0) is 15.7. The maximum Gasteiger partial charge on any atom is 0.224 e. The molecule has 3 rings (SSSR count). The van der Waals surface area contributed by atoms with Gasteiger partial charge in [-0.25, -0.2) is 9.97 Å². The summed E-state index contributed by atoms with van der Waals surface area (Å²) in [5, 5.41) is 7.41. The molecule has 2 heterocycles. The van der Waals surface area contributed by atoms with Gasteiger partial charge in [-0.3, -0.25) is 0 Å². The molecule has 3 aromatic rings. The third-order valence-corrected chi connectivity index (χ3v) is 3.48. The van der Waals surface area contributed by atoms with Crippen LogP contribution in [0.25, 0.3) is 22.2 Å². The SMILES string of the molecule is CNc1ncc2cc(-c3cc(N)cc(Cl)c3)c(NC)nc2n1. The van der Waals surface area contributed by atoms with E-state index in [4.69, 9.17) is 17.3 Å². The van der Waals surface area contributed by atoms with Crippen LogP contribution in [0.1, 0.15) is 0 Å². The Morgan fingerprint density at radius 3 is 2.55 bits per heavy atom. The van der Waals surface area contributed by atoms with Crippen LogP contribution < -0.4 is 16.4 Å². The highest BCUT2D eigenvalue weighted by atomic mass is 35.5. The number of pyridine rings is 1. The first-order chi connectivity index (χ1) is 10.6. The number of aromatic nitrogens is 3. The molecule has 112 valence electrons. The van der Waals surface area contributed by atoms with E-state index in [2.05, 4.69) is 25.6 Å². The van der Waals surface area contributed by atoms with Gasteiger partial charge in [-0.15, -0.1) is 0 Å². The van der Waals surface area contributed by atoms with Crippen LogP contribution in [0, 0.1) is 0 Å². The third-order valence-electron chi connectivity index (χ3n) is 3.26. The number of fused-ring (bicyclic) bond motifs is 1. The molecule has 0 spiro atoms. The zero-order valence-electron chi connectivity index (χ0n) is 12.2. The van der Waals surface area contributed by atoms with E-state index in [1.807, 2.05) is 25.2 Å². The Hall–Kier alpha value is -2.60. The van der Waals surface area contributed by atoms with E-state index >= 15 is 0 Å². The lowest BCUT2D eigenvalue weighted by Crippen LogP contribution is -2.01. The molecule has 4 N–H and O–H groups in total. The molecular formula is C15H15ClN6. The summed E-state index contributed by atoms with van der Waals surface area (Å²) in [5.41, 5.74) is 8.88. The minimum absolute atomic E-state index is 0.529. The molecule has 0 unspecified atom stereocenters. The number of hydrogen-bond acceptors (Lipinski definition) is 6. The van der Waals surface area contributed by atoms with Gasteiger partial charge in [0.1, 0.15) is 5.82 Å². The van der Waals surface area contributed by atoms with Gasteiger partial charge in [0, 0.05) is 42.0 Å². The van der Waals surface area contributed by atoms with Crippen LogP contribution in [-0.4, -0.2) is 29.0 Å². The molecule has 0 aliphatic carbocycles. The fraction of sp³-hybridized carbons (Fsp3) is 0.133. The standard InChI is InChI=1S/C15H15ClN6/c1-18-14-12(8-3-10(16)6-11(17)4-8)5-9-7-20-15(19-2)22-13(9)21-14/h3-7H,17H2,1-2H3,(H2,18,19,20,21,22). The monoisotopic (exact) mass is 314 g/mol. The van der Waals surface area contributed by atoms with Crippen molar-refractivity contribution >= 4 is 40.1 Å². The number of nitrogens with one attached hydrogen (secondary N) is 2. The van der Waals surface area contributed by atoms with Gasteiger partial charge < -0.3 is 16.4 Å². The van der Waals surface area contributed by atoms with Crippen LogP contribution in [0.5, 0.6) is 0 Å². The van der Waals surface area contributed by atoms with Crippen molar-refractivity contribution in [3.63, 3.8) is 0 Å². The largest absolute Gasteiger partial charge is 0.399 e. The van der Waals surface area contributed by atoms with Crippen molar-refractivity contribution < 1.29 is 0 Å². The quantitative estimate of drug-likeness (QED) is 0.644. The normalized spacial score (nSPS) is 10.7. The summed E-state index contributed by atoms with van der Waals surface area (Å²) in [5.74, 6) is 1.23. The molecule has 6 nitrogen and oxygen atoms in total. The second-order valence-electron chi connectivity index (χ2n) is 4.76. The molecule has 1 aromatic carbocycles. The van der Waals surface area contributed by atoms with E-state index in [9.17, 15) is 0 Å². The lowest BCUT2D eigenvalue weighted by Gasteiger charge is -2.11. The van der Waals surface area contributed by atoms with Crippen LogP contribution in [0.2, 0.25) is 5.02 Å². The molecule has 0 aliphatic rings. The third kappa shape index (κ3) is 2.60. The van der Waals surface area contributed by atoms with Crippen molar-refractivity contribution in [2.24, 2.45) is 0 Å². The van der Waals surface area contributed by atoms with E-state index in [-0.39, 0.29) is 0 Å². The van der Waals surface area contributed by atoms with E-state index in [1.54, 1.807) is 19.3 Å². The number of rotatable bonds is 3. The Morgan fingerprint density at radius 2 is 1.86 bits per heavy atom. The van der Waals surface area contributed by atoms with Gasteiger partial charge in [-0.2, -0.15) is 4.98 Å². The fourth-order valence-electron chi connectivity index (χ4n) is 2.26. The van der Waals surface area contributed by atoms with Crippen molar-refractivity contribution in [2.75, 3.05) is 30.5 Å². The number of hydrogen-bond donors (Lipinski definition) is 3. The molecule has 0 saturated heterocycles. The molecular weight excluding hydrogens is 300 g/mol. The summed E-state index contributed by atoms with van der Waals surface area (Å²) in [7, 11) is 3.58. The number of halogens is 1. The molecule has 0 amide bonds. The fourth-order valence-corrected chi connectivity index (χ4v) is 2.51. The van der Waals surface area contributed by atoms with Crippen molar-refractivity contribution in [2.45, 2.75) is 0 Å². The molecule has 7 heteroatoms. The van der Waals surface area contributed by atoms with E-state index in [0.717, 1.165) is 16.5 Å². The summed E-state index contributed by atoms with van der Waals surface area (Å²) in [4.78, 5) is 13.1. The molecule has 2 aromatic heterocycles. The smallest absolute Gasteiger partial charge is 0.224 e. The molecule has 0 saturated carbocycles. The van der Waals surface area contributed by atoms with E-state index < -0.39 is 0 Å². The molecule has 22 heavy (non-hydrogen) atoms. The van der Waals surface area contributed by atoms with Gasteiger partial charge in [0.25, 0.3) is 0 Å². The number of nitrogens with zero attached hydrogens (tertiary/aromatic N) is 3. The Bertz CT molecular complexity index is 829. The first kappa shape index (κ1) is 14.3. The van der Waals surface area contributed by atoms with Crippen LogP contribution in [0.4, 0.5) is 17.5 Å². The molecule has 0 aliphatic heterocycles. The van der Waals surface area contributed by atoms with Gasteiger partial charge in [0.05, 0.1) is 0 Å². The number of nitrogen functional groups attached to an aromatic ring is 1. The van der Waals surface area contributed by atoms with E-state index in [1.165, 1.54) is 0 Å². The van der Waals surface area contributed by atoms with Crippen LogP contribution in [-0.2, 0) is 0 Å². The summed E-state index contributed by atoms with van der Waals surface area (Å²) in [6.45, 7) is 0. The van der Waals surface area contributed by atoms with Crippen molar-refractivity contribution in [1.29, 1.82) is 0 Å². The lowest BCUT2D eigenvalue weighted by molar-refractivity contribution is 1.16. The minimum Gasteiger partial charge on any atom is -0.399 e. The zero-order valence-corrected chi connectivity index (χ0v) is 12.9. The topological polar surface area (TPSA) is 88.8 Å². The highest BCUT2D eigenvalue weighted by molar-refractivity contribution is 6.31. The minimum atomic E-state index is 0.529. The second-order valence-corrected chi connectivity index (χ2v) is 5.20. The van der Waals surface area contributed by atoms with Gasteiger partial charge >= 0.3 is 0 Å². The average Bonchev–Trinajstić information content (AvgIpc) is 2.52. The Balaban J connectivity index is 2.24. The van der Waals surface area contributed by atoms with E-state index in [0.29, 0.717) is 28.1 Å². The van der Waals surface area contributed by atoms with Gasteiger partial charge in [-0.1, -0.05) is 11.6 Å². The van der Waals surface area contributed by atoms with Gasteiger partial charge in [-0.05, 0) is 29.8 Å². The van der Waals surface area contributed by atoms with Crippen LogP contribution in [0.3, 0.4) is 0 Å². The maximum atomic E-state index is 6.10. The predicted molar refractivity (Wildman–Crippen MR) is 91.3 cm³/mol. The molecule has 0 atom stereocenters. The molecule has 0 bridgehead atoms. The van der Waals surface area contributed by atoms with Crippen molar-refractivity contribution in [3.05, 3.63) is 35.5 Å². The van der Waals surface area contributed by atoms with Gasteiger partial charge in [0.15, 0.2) is 5.65 Å². The van der Waals surface area contributed by atoms with Crippen molar-refractivity contribution in [1.82, 2.24) is 15.0 Å². The number of nitrogens with two attached hydrogens (primary N) is 1. The second kappa shape index (κ2) is 5.65. The molecule has 0 radical (unpaired) electrons. The first-order valence-corrected chi connectivity index (χ1v) is 7.08. The molecule has 0 fully saturated rings. The van der Waals surface area contributed by atoms with Crippen LogP contribution in [0.15, 0.2) is 30.5 Å². The lowest BCUT2D eigenvalue weighted by atomic mass is 10.0. The Morgan fingerprint density at radius 1 is 1.05 bits per heavy atom. The summed E-state index contributed by atoms with van der Waals surface area (Å²) >= 11 is 6.10. The van der Waals surface area contributed by atoms with Crippen LogP contribution >= 0.6 is 11.6 Å². The maximum absolute atomic E-state index is 6.10. The Kier molecular flexibility index (Phi) is 3.68. The predicted octanol–water partition coefficient (Wildman–Crippen LogP) is 3.01. The summed E-state index contributed by atoms with van der Waals surface area (Å²) in [6.07, 6.45) is 1.73. The highest BCUT2D eigenvalue weighted by Crippen LogP contribution is 2.32. The first-order valence-electron chi connectivity index (χ1n) is 6.70. The number of anilines is 3. The van der Waals surface area contributed by atoms with Gasteiger partial charge in [0.2, 0.25) is 5.95 Å². The Labute approximate surface area is 132 Å². The summed E-state index contributed by atoms with van der Waals surface area (Å²) in [6, 6.07) is 7.39. The van der Waals surface area contributed by atoms with Crippen molar-refractivity contribution in [3.8, 4) is 11.1 Å². The summed E-state index contributed by atoms with van der Waals surface area (Å²) < 4.78 is 0. The highest BCUT2D eigenvalue weighted by Gasteiger charge is 2.11. The average molecular weight is 315 g/mol.